The predicted octanol–water partition coefficient (Wildman–Crippen LogP) is 2.18. The average molecular weight is 352 g/mol. The summed E-state index contributed by atoms with van der Waals surface area (Å²) in [5.74, 6) is 0.249. The molecule has 0 fully saturated rings. The number of aromatic amines is 1. The van der Waals surface area contributed by atoms with Crippen molar-refractivity contribution in [2.75, 3.05) is 0 Å². The molecule has 122 valence electrons. The third-order valence-electron chi connectivity index (χ3n) is 3.62. The minimum atomic E-state index is -0.602. The Hall–Kier alpha value is -3.32. The second-order valence-electron chi connectivity index (χ2n) is 5.25. The van der Waals surface area contributed by atoms with Crippen LogP contribution in [0.2, 0.25) is 5.02 Å². The Labute approximate surface area is 145 Å². The average Bonchev–Trinajstić information content (AvgIpc) is 2.62. The lowest BCUT2D eigenvalue weighted by Gasteiger charge is -2.06. The first-order valence-corrected chi connectivity index (χ1v) is 7.72. The van der Waals surface area contributed by atoms with Crippen LogP contribution in [0.3, 0.4) is 0 Å². The highest BCUT2D eigenvalue weighted by atomic mass is 35.5. The molecule has 0 unspecified atom stereocenters. The standard InChI is InChI=1S/C17H10ClN5O2/c18-11-6-4-5-10(9-11)14-19-13-15(22-21-14)20-17(25)23(16(13)24)12-7-2-1-3-8-12/h1-9H,(H,20,22,25). The molecule has 0 aliphatic heterocycles. The molecule has 2 aromatic carbocycles. The minimum absolute atomic E-state index is 0.0217. The van der Waals surface area contributed by atoms with Crippen LogP contribution in [0.4, 0.5) is 0 Å². The van der Waals surface area contributed by atoms with Gasteiger partial charge in [-0.2, -0.15) is 0 Å². The summed E-state index contributed by atoms with van der Waals surface area (Å²) in [6, 6.07) is 15.5. The zero-order chi connectivity index (χ0) is 17.4. The smallest absolute Gasteiger partial charge is 0.288 e. The van der Waals surface area contributed by atoms with Gasteiger partial charge in [0.1, 0.15) is 0 Å². The molecule has 0 radical (unpaired) electrons. The van der Waals surface area contributed by atoms with Gasteiger partial charge in [0.05, 0.1) is 5.69 Å². The van der Waals surface area contributed by atoms with Crippen LogP contribution < -0.4 is 11.2 Å². The van der Waals surface area contributed by atoms with Crippen LogP contribution in [0.5, 0.6) is 0 Å². The van der Waals surface area contributed by atoms with Crippen molar-refractivity contribution < 1.29 is 0 Å². The summed E-state index contributed by atoms with van der Waals surface area (Å²) in [7, 11) is 0. The second kappa shape index (κ2) is 5.95. The zero-order valence-corrected chi connectivity index (χ0v) is 13.4. The Morgan fingerprint density at radius 3 is 2.52 bits per heavy atom. The summed E-state index contributed by atoms with van der Waals surface area (Å²) in [5.41, 5.74) is -0.0443. The van der Waals surface area contributed by atoms with E-state index in [4.69, 9.17) is 11.6 Å². The largest absolute Gasteiger partial charge is 0.334 e. The number of nitrogens with zero attached hydrogens (tertiary/aromatic N) is 4. The molecule has 1 N–H and O–H groups in total. The number of fused-ring (bicyclic) bond motifs is 1. The van der Waals surface area contributed by atoms with Gasteiger partial charge in [0.15, 0.2) is 17.0 Å². The first-order valence-electron chi connectivity index (χ1n) is 7.34. The lowest BCUT2D eigenvalue weighted by molar-refractivity contribution is 0.873. The molecule has 7 nitrogen and oxygen atoms in total. The molecule has 0 atom stereocenters. The van der Waals surface area contributed by atoms with E-state index in [1.807, 2.05) is 0 Å². The maximum absolute atomic E-state index is 12.8. The molecule has 0 spiro atoms. The SMILES string of the molecule is O=c1[nH]c2nnc(-c3cccc(Cl)c3)nc2c(=O)n1-c1ccccc1. The molecular weight excluding hydrogens is 342 g/mol. The molecule has 0 saturated heterocycles. The van der Waals surface area contributed by atoms with Gasteiger partial charge in [-0.05, 0) is 24.3 Å². The first kappa shape index (κ1) is 15.2. The Balaban J connectivity index is 1.99. The number of nitrogens with one attached hydrogen (secondary N) is 1. The quantitative estimate of drug-likeness (QED) is 0.597. The number of rotatable bonds is 2. The van der Waals surface area contributed by atoms with E-state index in [1.165, 1.54) is 0 Å². The third kappa shape index (κ3) is 2.70. The number of H-pyrrole nitrogens is 1. The number of benzene rings is 2. The minimum Gasteiger partial charge on any atom is -0.288 e. The van der Waals surface area contributed by atoms with E-state index in [0.717, 1.165) is 4.57 Å². The molecule has 25 heavy (non-hydrogen) atoms. The fourth-order valence-corrected chi connectivity index (χ4v) is 2.67. The summed E-state index contributed by atoms with van der Waals surface area (Å²) in [5, 5.41) is 8.40. The van der Waals surface area contributed by atoms with Gasteiger partial charge in [-0.3, -0.25) is 9.78 Å². The van der Waals surface area contributed by atoms with E-state index in [9.17, 15) is 9.59 Å². The summed E-state index contributed by atoms with van der Waals surface area (Å²) >= 11 is 5.98. The van der Waals surface area contributed by atoms with Gasteiger partial charge in [0, 0.05) is 10.6 Å². The van der Waals surface area contributed by atoms with Crippen LogP contribution in [-0.4, -0.2) is 24.7 Å². The highest BCUT2D eigenvalue weighted by Crippen LogP contribution is 2.19. The topological polar surface area (TPSA) is 93.5 Å². The lowest BCUT2D eigenvalue weighted by atomic mass is 10.2. The highest BCUT2D eigenvalue weighted by Gasteiger charge is 2.14. The molecule has 0 amide bonds. The Bertz CT molecular complexity index is 1200. The van der Waals surface area contributed by atoms with Crippen LogP contribution in [0, 0.1) is 0 Å². The second-order valence-corrected chi connectivity index (χ2v) is 5.69. The fraction of sp³-hybridized carbons (Fsp3) is 0. The van der Waals surface area contributed by atoms with Gasteiger partial charge in [0.25, 0.3) is 5.56 Å². The number of halogens is 1. The van der Waals surface area contributed by atoms with Crippen LogP contribution in [0.25, 0.3) is 28.2 Å². The Morgan fingerprint density at radius 2 is 1.76 bits per heavy atom. The fourth-order valence-electron chi connectivity index (χ4n) is 2.48. The Morgan fingerprint density at radius 1 is 0.960 bits per heavy atom. The van der Waals surface area contributed by atoms with Crippen molar-refractivity contribution in [1.29, 1.82) is 0 Å². The summed E-state index contributed by atoms with van der Waals surface area (Å²) in [4.78, 5) is 31.8. The van der Waals surface area contributed by atoms with Crippen molar-refractivity contribution in [3.8, 4) is 17.1 Å². The monoisotopic (exact) mass is 351 g/mol. The number of hydrogen-bond donors (Lipinski definition) is 1. The van der Waals surface area contributed by atoms with Crippen molar-refractivity contribution in [1.82, 2.24) is 24.7 Å². The van der Waals surface area contributed by atoms with Crippen molar-refractivity contribution in [2.45, 2.75) is 0 Å². The molecular formula is C17H10ClN5O2. The molecule has 0 aliphatic carbocycles. The summed E-state index contributed by atoms with van der Waals surface area (Å²) < 4.78 is 1.01. The normalized spacial score (nSPS) is 10.9. The number of hydrogen-bond acceptors (Lipinski definition) is 5. The maximum atomic E-state index is 12.8. The van der Waals surface area contributed by atoms with Gasteiger partial charge in [-0.1, -0.05) is 41.9 Å². The number of aromatic nitrogens is 5. The zero-order valence-electron chi connectivity index (χ0n) is 12.7. The first-order chi connectivity index (χ1) is 12.1. The molecule has 4 rings (SSSR count). The van der Waals surface area contributed by atoms with E-state index in [2.05, 4.69) is 20.2 Å². The van der Waals surface area contributed by atoms with Crippen molar-refractivity contribution in [3.05, 3.63) is 80.5 Å². The summed E-state index contributed by atoms with van der Waals surface area (Å²) in [6.45, 7) is 0. The van der Waals surface area contributed by atoms with E-state index < -0.39 is 11.2 Å². The van der Waals surface area contributed by atoms with E-state index in [-0.39, 0.29) is 17.0 Å². The molecule has 8 heteroatoms. The van der Waals surface area contributed by atoms with Crippen LogP contribution in [-0.2, 0) is 0 Å². The van der Waals surface area contributed by atoms with E-state index in [0.29, 0.717) is 16.3 Å². The van der Waals surface area contributed by atoms with E-state index >= 15 is 0 Å². The van der Waals surface area contributed by atoms with Crippen molar-refractivity contribution in [2.24, 2.45) is 0 Å². The van der Waals surface area contributed by atoms with Crippen molar-refractivity contribution >= 4 is 22.8 Å². The van der Waals surface area contributed by atoms with Gasteiger partial charge in [-0.25, -0.2) is 14.3 Å². The van der Waals surface area contributed by atoms with Crippen LogP contribution in [0.15, 0.2) is 64.2 Å². The van der Waals surface area contributed by atoms with Crippen molar-refractivity contribution in [3.63, 3.8) is 0 Å². The van der Waals surface area contributed by atoms with Gasteiger partial charge < -0.3 is 0 Å². The predicted molar refractivity (Wildman–Crippen MR) is 94.0 cm³/mol. The third-order valence-corrected chi connectivity index (χ3v) is 3.85. The highest BCUT2D eigenvalue weighted by molar-refractivity contribution is 6.30. The van der Waals surface area contributed by atoms with Gasteiger partial charge in [0.2, 0.25) is 0 Å². The van der Waals surface area contributed by atoms with Crippen LogP contribution >= 0.6 is 11.6 Å². The molecule has 0 aliphatic rings. The molecule has 4 aromatic rings. The molecule has 0 bridgehead atoms. The van der Waals surface area contributed by atoms with Crippen LogP contribution in [0.1, 0.15) is 0 Å². The maximum Gasteiger partial charge on any atom is 0.334 e. The molecule has 2 heterocycles. The van der Waals surface area contributed by atoms with Gasteiger partial charge in [-0.15, -0.1) is 10.2 Å². The summed E-state index contributed by atoms with van der Waals surface area (Å²) in [6.07, 6.45) is 0. The Kier molecular flexibility index (Phi) is 3.62. The molecule has 0 saturated carbocycles. The number of para-hydroxylation sites is 1. The van der Waals surface area contributed by atoms with E-state index in [1.54, 1.807) is 54.6 Å². The van der Waals surface area contributed by atoms with Gasteiger partial charge >= 0.3 is 5.69 Å². The molecule has 2 aromatic heterocycles. The lowest BCUT2D eigenvalue weighted by Crippen LogP contribution is -2.34.